The third kappa shape index (κ3) is 3.67. The molecule has 2 aromatic heterocycles. The first kappa shape index (κ1) is 18.2. The highest BCUT2D eigenvalue weighted by atomic mass is 32.2. The van der Waals surface area contributed by atoms with Crippen molar-refractivity contribution in [2.24, 2.45) is 5.92 Å². The Morgan fingerprint density at radius 1 is 1.35 bits per heavy atom. The molecule has 0 bridgehead atoms. The molecule has 1 unspecified atom stereocenters. The summed E-state index contributed by atoms with van der Waals surface area (Å²) in [6.07, 6.45) is 1.82. The minimum Gasteiger partial charge on any atom is -0.382 e. The van der Waals surface area contributed by atoms with Crippen molar-refractivity contribution >= 4 is 36.3 Å². The Morgan fingerprint density at radius 3 is 2.48 bits per heavy atom. The predicted molar refractivity (Wildman–Crippen MR) is 88.1 cm³/mol. The molecule has 0 amide bonds. The van der Waals surface area contributed by atoms with E-state index in [1.165, 1.54) is 18.9 Å². The summed E-state index contributed by atoms with van der Waals surface area (Å²) in [6, 6.07) is 0. The molecule has 4 N–H and O–H groups in total. The van der Waals surface area contributed by atoms with Crippen LogP contribution in [0.3, 0.4) is 0 Å². The molecule has 0 spiro atoms. The smallest absolute Gasteiger partial charge is 0.361 e. The van der Waals surface area contributed by atoms with Crippen molar-refractivity contribution in [1.82, 2.24) is 19.5 Å². The zero-order valence-electron chi connectivity index (χ0n) is 13.3. The van der Waals surface area contributed by atoms with E-state index in [9.17, 15) is 14.4 Å². The van der Waals surface area contributed by atoms with Crippen LogP contribution in [0.1, 0.15) is 25.5 Å². The first-order chi connectivity index (χ1) is 10.7. The fraction of sp³-hybridized carbons (Fsp3) is 0.583. The summed E-state index contributed by atoms with van der Waals surface area (Å²) < 4.78 is 18.4. The van der Waals surface area contributed by atoms with Crippen LogP contribution in [0.25, 0.3) is 11.2 Å². The number of hydrogen-bond donors (Lipinski definition) is 3. The number of aromatic nitrogens is 4. The molecule has 0 aliphatic rings. The minimum atomic E-state index is -4.56. The number of nitrogen functional groups attached to an aromatic ring is 1. The molecule has 128 valence electrons. The molecule has 0 aliphatic heterocycles. The number of methoxy groups -OCH3 is 1. The normalized spacial score (nSPS) is 13.9. The lowest BCUT2D eigenvalue weighted by atomic mass is 10.2. The highest BCUT2D eigenvalue weighted by Crippen LogP contribution is 2.52. The third-order valence-corrected chi connectivity index (χ3v) is 4.71. The fourth-order valence-electron chi connectivity index (χ4n) is 2.24. The van der Waals surface area contributed by atoms with Gasteiger partial charge in [-0.2, -0.15) is 0 Å². The highest BCUT2D eigenvalue weighted by Gasteiger charge is 2.36. The van der Waals surface area contributed by atoms with E-state index < -0.39 is 13.4 Å². The van der Waals surface area contributed by atoms with E-state index in [1.807, 2.05) is 20.1 Å². The number of nitrogens with two attached hydrogens (primary N) is 1. The van der Waals surface area contributed by atoms with E-state index in [0.717, 1.165) is 0 Å². The van der Waals surface area contributed by atoms with Crippen LogP contribution in [0.4, 0.5) is 5.82 Å². The van der Waals surface area contributed by atoms with Crippen molar-refractivity contribution in [1.29, 1.82) is 0 Å². The summed E-state index contributed by atoms with van der Waals surface area (Å²) in [5.74, 6) is -1.01. The van der Waals surface area contributed by atoms with Crippen LogP contribution in [-0.2, 0) is 15.8 Å². The van der Waals surface area contributed by atoms with Crippen molar-refractivity contribution in [3.63, 3.8) is 0 Å². The van der Waals surface area contributed by atoms with E-state index in [-0.39, 0.29) is 17.6 Å². The van der Waals surface area contributed by atoms with Gasteiger partial charge in [0.1, 0.15) is 0 Å². The predicted octanol–water partition coefficient (Wildman–Crippen LogP) is 1.61. The summed E-state index contributed by atoms with van der Waals surface area (Å²) >= 11 is 1.33. The molecule has 0 aromatic carbocycles. The summed E-state index contributed by atoms with van der Waals surface area (Å²) in [5.41, 5.74) is 6.68. The lowest BCUT2D eigenvalue weighted by molar-refractivity contribution is 0.127. The number of nitrogens with zero attached hydrogens (tertiary/aromatic N) is 4. The molecule has 2 heterocycles. The number of fused-ring (bicyclic) bond motifs is 1. The maximum Gasteiger partial charge on any atom is 0.361 e. The lowest BCUT2D eigenvalue weighted by Gasteiger charge is -2.18. The van der Waals surface area contributed by atoms with Gasteiger partial charge in [0.25, 0.3) is 0 Å². The van der Waals surface area contributed by atoms with Crippen molar-refractivity contribution < 1.29 is 19.1 Å². The van der Waals surface area contributed by atoms with Crippen molar-refractivity contribution in [3.8, 4) is 0 Å². The first-order valence-electron chi connectivity index (χ1n) is 6.84. The van der Waals surface area contributed by atoms with Gasteiger partial charge in [-0.1, -0.05) is 25.6 Å². The molecule has 0 radical (unpaired) electrons. The van der Waals surface area contributed by atoms with E-state index in [4.69, 9.17) is 10.5 Å². The van der Waals surface area contributed by atoms with Gasteiger partial charge in [-0.15, -0.1) is 0 Å². The van der Waals surface area contributed by atoms with Gasteiger partial charge in [-0.25, -0.2) is 15.0 Å². The Morgan fingerprint density at radius 2 is 2.00 bits per heavy atom. The number of ether oxygens (including phenoxy) is 1. The van der Waals surface area contributed by atoms with Gasteiger partial charge in [-0.3, -0.25) is 4.57 Å². The molecule has 9 nitrogen and oxygen atoms in total. The van der Waals surface area contributed by atoms with Gasteiger partial charge in [0.15, 0.2) is 28.0 Å². The highest BCUT2D eigenvalue weighted by molar-refractivity contribution is 7.98. The minimum absolute atomic E-state index is 0.101. The van der Waals surface area contributed by atoms with E-state index in [0.29, 0.717) is 22.9 Å². The van der Waals surface area contributed by atoms with E-state index in [1.54, 1.807) is 4.57 Å². The zero-order chi connectivity index (χ0) is 17.4. The topological polar surface area (TPSA) is 136 Å². The van der Waals surface area contributed by atoms with Crippen LogP contribution < -0.4 is 5.73 Å². The van der Waals surface area contributed by atoms with Crippen LogP contribution in [0.2, 0.25) is 0 Å². The quantitative estimate of drug-likeness (QED) is 0.398. The third-order valence-electron chi connectivity index (χ3n) is 3.11. The van der Waals surface area contributed by atoms with Gasteiger partial charge >= 0.3 is 7.60 Å². The molecule has 2 rings (SSSR count). The first-order valence-corrected chi connectivity index (χ1v) is 9.75. The van der Waals surface area contributed by atoms with Crippen LogP contribution in [0, 0.1) is 5.92 Å². The maximum absolute atomic E-state index is 11.7. The standard InChI is InChI=1S/C12H20N5O4PS/c1-6(2)5-17-9-7(8(13)15-12(16-9)23-4)14-10(17)11(21-3)22(18,19)20/h6,11H,5H2,1-4H3,(H2,13,15,16)(H2,18,19,20). The average molecular weight is 361 g/mol. The zero-order valence-corrected chi connectivity index (χ0v) is 15.0. The number of rotatable bonds is 6. The molecular weight excluding hydrogens is 341 g/mol. The number of anilines is 1. The monoisotopic (exact) mass is 361 g/mol. The SMILES string of the molecule is COC(c1nc2c(N)nc(SC)nc2n1CC(C)C)P(=O)(O)O. The molecule has 0 saturated heterocycles. The Labute approximate surface area is 137 Å². The van der Waals surface area contributed by atoms with Gasteiger partial charge in [0, 0.05) is 13.7 Å². The molecule has 1 atom stereocenters. The average Bonchev–Trinajstić information content (AvgIpc) is 2.77. The van der Waals surface area contributed by atoms with Gasteiger partial charge in [0.2, 0.25) is 5.85 Å². The lowest BCUT2D eigenvalue weighted by Crippen LogP contribution is -2.14. The molecule has 23 heavy (non-hydrogen) atoms. The van der Waals surface area contributed by atoms with Crippen LogP contribution in [0.5, 0.6) is 0 Å². The Hall–Kier alpha value is -1.19. The van der Waals surface area contributed by atoms with Gasteiger partial charge < -0.3 is 24.8 Å². The van der Waals surface area contributed by atoms with Crippen LogP contribution >= 0.6 is 19.4 Å². The van der Waals surface area contributed by atoms with Crippen LogP contribution in [0.15, 0.2) is 5.16 Å². The largest absolute Gasteiger partial charge is 0.382 e. The van der Waals surface area contributed by atoms with Crippen molar-refractivity contribution in [3.05, 3.63) is 5.82 Å². The molecule has 0 aliphatic carbocycles. The number of imidazole rings is 1. The van der Waals surface area contributed by atoms with Crippen molar-refractivity contribution in [2.75, 3.05) is 19.1 Å². The number of hydrogen-bond acceptors (Lipinski definition) is 7. The Bertz CT molecular complexity index is 759. The molecule has 2 aromatic rings. The molecule has 0 saturated carbocycles. The Kier molecular flexibility index (Phi) is 5.32. The second-order valence-electron chi connectivity index (χ2n) is 5.42. The van der Waals surface area contributed by atoms with Crippen LogP contribution in [-0.4, -0.2) is 42.7 Å². The summed E-state index contributed by atoms with van der Waals surface area (Å²) in [5, 5.41) is 0.469. The van der Waals surface area contributed by atoms with E-state index >= 15 is 0 Å². The summed E-state index contributed by atoms with van der Waals surface area (Å²) in [7, 11) is -3.33. The Balaban J connectivity index is 2.77. The fourth-order valence-corrected chi connectivity index (χ4v) is 3.38. The second-order valence-corrected chi connectivity index (χ2v) is 7.84. The van der Waals surface area contributed by atoms with Crippen molar-refractivity contribution in [2.45, 2.75) is 31.4 Å². The van der Waals surface area contributed by atoms with Gasteiger partial charge in [-0.05, 0) is 12.2 Å². The second kappa shape index (κ2) is 6.74. The maximum atomic E-state index is 11.7. The number of thioether (sulfide) groups is 1. The molecular formula is C12H20N5O4PS. The molecule has 11 heteroatoms. The van der Waals surface area contributed by atoms with E-state index in [2.05, 4.69) is 15.0 Å². The summed E-state index contributed by atoms with van der Waals surface area (Å²) in [6.45, 7) is 4.43. The van der Waals surface area contributed by atoms with Gasteiger partial charge in [0.05, 0.1) is 0 Å². The summed E-state index contributed by atoms with van der Waals surface area (Å²) in [4.78, 5) is 31.9. The molecule has 0 fully saturated rings.